The number of aliphatic imine (C=N–C) groups is 1. The molecular weight excluding hydrogens is 739 g/mol. The Kier molecular flexibility index (Phi) is 8.39. The number of para-hydroxylation sites is 1. The molecule has 0 saturated carbocycles. The van der Waals surface area contributed by atoms with Crippen LogP contribution in [-0.4, -0.2) is 55.7 Å². The third kappa shape index (κ3) is 6.42. The lowest BCUT2D eigenvalue weighted by Crippen LogP contribution is -1.90. The summed E-state index contributed by atoms with van der Waals surface area (Å²) >= 11 is 5.02. The molecule has 7 aromatic rings. The maximum Gasteiger partial charge on any atom is 0.119 e. The van der Waals surface area contributed by atoms with Crippen LogP contribution in [0.3, 0.4) is 0 Å². The summed E-state index contributed by atoms with van der Waals surface area (Å²) in [6.45, 7) is 0. The fourth-order valence-corrected chi connectivity index (χ4v) is 7.55. The Balaban J connectivity index is 1.51. The van der Waals surface area contributed by atoms with Crippen molar-refractivity contribution in [3.63, 3.8) is 0 Å². The fourth-order valence-electron chi connectivity index (χ4n) is 7.45. The number of phenolic OH excluding ortho intramolecular Hbond substituents is 6. The molecule has 0 amide bonds. The van der Waals surface area contributed by atoms with Crippen LogP contribution in [-0.2, 0) is 0 Å². The molecule has 4 aromatic carbocycles. The highest BCUT2D eigenvalue weighted by molar-refractivity contribution is 7.78. The molecule has 5 heterocycles. The van der Waals surface area contributed by atoms with Crippen molar-refractivity contribution in [3.05, 3.63) is 126 Å². The fraction of sp³-hybridized carbons (Fsp3) is 0. The second kappa shape index (κ2) is 13.7. The summed E-state index contributed by atoms with van der Waals surface area (Å²) in [5.74, 6) is -0.918. The molecule has 276 valence electrons. The van der Waals surface area contributed by atoms with Crippen molar-refractivity contribution in [3.8, 4) is 79.0 Å². The minimum atomic E-state index is -0.162. The molecule has 0 atom stereocenters. The van der Waals surface area contributed by atoms with Crippen LogP contribution in [0.5, 0.6) is 34.5 Å². The van der Waals surface area contributed by atoms with Gasteiger partial charge in [-0.3, -0.25) is 0 Å². The Bertz CT molecular complexity index is 3010. The molecule has 0 saturated heterocycles. The zero-order valence-corrected chi connectivity index (χ0v) is 30.4. The molecule has 0 spiro atoms. The highest BCUT2D eigenvalue weighted by Crippen LogP contribution is 2.42. The number of aromatic nitrogens is 4. The number of thiocarbonyl (C=S) groups is 1. The van der Waals surface area contributed by atoms with Gasteiger partial charge in [-0.05, 0) is 120 Å². The topological polar surface area (TPSA) is 191 Å². The van der Waals surface area contributed by atoms with Gasteiger partial charge in [0.15, 0.2) is 0 Å². The standard InChI is InChI=1S/C45H29N5O6S/c51-26-13-23(14-27(52)19-26)42-34-5-7-36(47-34)43(24-15-28(53)20-29(54)16-24)38-9-11-40(49-38)45(32-3-1-2-4-33(32)46-22-57)41-12-10-39(50-41)44(37-8-6-35(42)48-37)25-17-30(55)21-31(56)18-25/h1-21,47,50-56H. The van der Waals surface area contributed by atoms with E-state index in [1.165, 1.54) is 54.6 Å². The van der Waals surface area contributed by atoms with Gasteiger partial charge < -0.3 is 40.6 Å². The number of nitrogens with one attached hydrogen (secondary N) is 2. The van der Waals surface area contributed by atoms with Gasteiger partial charge in [0.2, 0.25) is 0 Å². The van der Waals surface area contributed by atoms with Crippen LogP contribution < -0.4 is 0 Å². The lowest BCUT2D eigenvalue weighted by atomic mass is 10.0. The number of fused-ring (bicyclic) bond motifs is 8. The average Bonchev–Trinajstić information content (AvgIpc) is 3.99. The van der Waals surface area contributed by atoms with Gasteiger partial charge >= 0.3 is 0 Å². The molecule has 9 rings (SSSR count). The molecule has 0 aliphatic carbocycles. The molecule has 8 N–H and O–H groups in total. The summed E-state index contributed by atoms with van der Waals surface area (Å²) in [6, 6.07) is 27.8. The summed E-state index contributed by atoms with van der Waals surface area (Å²) in [4.78, 5) is 21.7. The number of isothiocyanates is 1. The summed E-state index contributed by atoms with van der Waals surface area (Å²) in [5, 5.41) is 66.3. The van der Waals surface area contributed by atoms with E-state index >= 15 is 0 Å². The van der Waals surface area contributed by atoms with E-state index in [1.54, 1.807) is 6.08 Å². The van der Waals surface area contributed by atoms with Crippen LogP contribution in [0.15, 0.2) is 108 Å². The van der Waals surface area contributed by atoms with E-state index in [4.69, 9.17) is 22.2 Å². The first-order valence-electron chi connectivity index (χ1n) is 17.6. The Morgan fingerprint density at radius 2 is 0.772 bits per heavy atom. The molecule has 8 bridgehead atoms. The summed E-state index contributed by atoms with van der Waals surface area (Å²) in [7, 11) is 0. The van der Waals surface area contributed by atoms with Crippen LogP contribution >= 0.6 is 12.2 Å². The number of hydrogen-bond acceptors (Lipinski definition) is 10. The van der Waals surface area contributed by atoms with Crippen LogP contribution in [0, 0.1) is 0 Å². The van der Waals surface area contributed by atoms with Crippen molar-refractivity contribution < 1.29 is 30.6 Å². The molecule has 12 heteroatoms. The number of aromatic hydroxyl groups is 6. The number of rotatable bonds is 5. The van der Waals surface area contributed by atoms with Crippen LogP contribution in [0.2, 0.25) is 0 Å². The van der Waals surface area contributed by atoms with E-state index in [9.17, 15) is 30.6 Å². The highest BCUT2D eigenvalue weighted by atomic mass is 32.1. The van der Waals surface area contributed by atoms with Crippen molar-refractivity contribution in [2.45, 2.75) is 0 Å². The maximum atomic E-state index is 10.6. The predicted molar refractivity (Wildman–Crippen MR) is 225 cm³/mol. The number of aromatic amines is 2. The van der Waals surface area contributed by atoms with E-state index in [0.717, 1.165) is 0 Å². The molecule has 2 aliphatic rings. The predicted octanol–water partition coefficient (Wildman–Crippen LogP) is 10.3. The van der Waals surface area contributed by atoms with Crippen molar-refractivity contribution in [2.75, 3.05) is 0 Å². The number of phenols is 6. The van der Waals surface area contributed by atoms with Crippen molar-refractivity contribution >= 4 is 69.4 Å². The van der Waals surface area contributed by atoms with Gasteiger partial charge in [0.05, 0.1) is 33.6 Å². The smallest absolute Gasteiger partial charge is 0.119 e. The van der Waals surface area contributed by atoms with Gasteiger partial charge in [-0.1, -0.05) is 18.2 Å². The summed E-state index contributed by atoms with van der Waals surface area (Å²) < 4.78 is 0. The van der Waals surface area contributed by atoms with Crippen molar-refractivity contribution in [1.29, 1.82) is 0 Å². The third-order valence-corrected chi connectivity index (χ3v) is 9.76. The Morgan fingerprint density at radius 3 is 1.14 bits per heavy atom. The normalized spacial score (nSPS) is 11.8. The molecule has 11 nitrogen and oxygen atoms in total. The second-order valence-electron chi connectivity index (χ2n) is 13.4. The highest BCUT2D eigenvalue weighted by Gasteiger charge is 2.21. The number of benzene rings is 4. The van der Waals surface area contributed by atoms with Crippen LogP contribution in [0.1, 0.15) is 22.8 Å². The minimum Gasteiger partial charge on any atom is -0.508 e. The van der Waals surface area contributed by atoms with E-state index in [2.05, 4.69) is 20.1 Å². The first-order chi connectivity index (χ1) is 27.6. The van der Waals surface area contributed by atoms with E-state index < -0.39 is 0 Å². The molecular formula is C45H29N5O6S. The minimum absolute atomic E-state index is 0.149. The summed E-state index contributed by atoms with van der Waals surface area (Å²) in [6.07, 6.45) is 7.32. The van der Waals surface area contributed by atoms with Crippen molar-refractivity contribution in [2.24, 2.45) is 4.99 Å². The first-order valence-corrected chi connectivity index (χ1v) is 18.0. The van der Waals surface area contributed by atoms with Gasteiger partial charge in [-0.25, -0.2) is 9.97 Å². The molecule has 2 aliphatic heterocycles. The Morgan fingerprint density at radius 1 is 0.439 bits per heavy atom. The van der Waals surface area contributed by atoms with Gasteiger partial charge in [-0.2, -0.15) is 4.99 Å². The lowest BCUT2D eigenvalue weighted by molar-refractivity contribution is 0.450. The van der Waals surface area contributed by atoms with E-state index in [-0.39, 0.29) is 34.5 Å². The monoisotopic (exact) mass is 767 g/mol. The maximum absolute atomic E-state index is 10.6. The van der Waals surface area contributed by atoms with Crippen molar-refractivity contribution in [1.82, 2.24) is 19.9 Å². The molecule has 0 fully saturated rings. The van der Waals surface area contributed by atoms with Gasteiger partial charge in [0.25, 0.3) is 0 Å². The molecule has 0 unspecified atom stereocenters. The van der Waals surface area contributed by atoms with E-state index in [1.807, 2.05) is 66.8 Å². The SMILES string of the molecule is Oc1cc(O)cc(-c2c3nc(c(-c4cc(O)cc(O)c4)c4ccc([nH]4)c(-c4ccccc4N=C=S)c4nc(c(-c5cc(O)cc(O)c5)c5ccc2[nH]5)C=C4)C=C3)c1. The molecule has 3 aromatic heterocycles. The van der Waals surface area contributed by atoms with E-state index in [0.29, 0.717) is 95.0 Å². The second-order valence-corrected chi connectivity index (χ2v) is 13.6. The van der Waals surface area contributed by atoms with Gasteiger partial charge in [-0.15, -0.1) is 0 Å². The van der Waals surface area contributed by atoms with Crippen LogP contribution in [0.4, 0.5) is 5.69 Å². The number of nitrogens with zero attached hydrogens (tertiary/aromatic N) is 3. The molecule has 0 radical (unpaired) electrons. The zero-order valence-electron chi connectivity index (χ0n) is 29.6. The lowest BCUT2D eigenvalue weighted by Gasteiger charge is -2.09. The number of H-pyrrole nitrogens is 2. The summed E-state index contributed by atoms with van der Waals surface area (Å²) in [5.41, 5.74) is 9.31. The Labute approximate surface area is 328 Å². The Hall–Kier alpha value is -7.92. The van der Waals surface area contributed by atoms with Crippen LogP contribution in [0.25, 0.3) is 90.9 Å². The number of hydrogen-bond donors (Lipinski definition) is 8. The van der Waals surface area contributed by atoms with Gasteiger partial charge in [0, 0.05) is 68.1 Å². The van der Waals surface area contributed by atoms with Gasteiger partial charge in [0.1, 0.15) is 34.5 Å². The molecule has 57 heavy (non-hydrogen) atoms. The largest absolute Gasteiger partial charge is 0.508 e. The average molecular weight is 768 g/mol. The quantitative estimate of drug-likeness (QED) is 0.0622. The third-order valence-electron chi connectivity index (χ3n) is 9.67. The zero-order chi connectivity index (χ0) is 39.4. The first kappa shape index (κ1) is 34.8.